The molecule has 0 saturated carbocycles. The van der Waals surface area contributed by atoms with Crippen molar-refractivity contribution in [3.63, 3.8) is 0 Å². The van der Waals surface area contributed by atoms with Crippen LogP contribution >= 0.6 is 94.1 Å². The molecule has 0 atom stereocenters. The Hall–Kier alpha value is 0.0600. The number of thioether (sulfide) groups is 8. The van der Waals surface area contributed by atoms with Crippen molar-refractivity contribution < 1.29 is 9.47 Å². The fourth-order valence-corrected chi connectivity index (χ4v) is 13.4. The van der Waals surface area contributed by atoms with Crippen LogP contribution in [0.1, 0.15) is 11.1 Å². The summed E-state index contributed by atoms with van der Waals surface area (Å²) in [6.07, 6.45) is 13.0. The van der Waals surface area contributed by atoms with E-state index in [2.05, 4.69) is 61.4 Å². The monoisotopic (exact) mass is 600 g/mol. The largest absolute Gasteiger partial charge is 0.495 e. The zero-order chi connectivity index (χ0) is 24.2. The van der Waals surface area contributed by atoms with Crippen molar-refractivity contribution >= 4 is 117 Å². The van der Waals surface area contributed by atoms with E-state index in [1.807, 2.05) is 94.1 Å². The van der Waals surface area contributed by atoms with Crippen LogP contribution in [0.5, 0.6) is 11.5 Å². The number of methoxy groups -OCH3 is 2. The predicted octanol–water partition coefficient (Wildman–Crippen LogP) is 10.1. The third-order valence-corrected chi connectivity index (χ3v) is 15.1. The molecule has 0 N–H and O–H groups in total. The van der Waals surface area contributed by atoms with Crippen molar-refractivity contribution in [2.75, 3.05) is 39.2 Å². The third-order valence-electron chi connectivity index (χ3n) is 4.97. The summed E-state index contributed by atoms with van der Waals surface area (Å²) in [5.74, 6) is 1.76. The Morgan fingerprint density at radius 2 is 0.882 bits per heavy atom. The molecule has 180 valence electrons. The minimum Gasteiger partial charge on any atom is -0.495 e. The average molecular weight is 601 g/mol. The Morgan fingerprint density at radius 3 is 1.15 bits per heavy atom. The highest BCUT2D eigenvalue weighted by Gasteiger charge is 2.23. The van der Waals surface area contributed by atoms with E-state index in [0.29, 0.717) is 0 Å². The van der Waals surface area contributed by atoms with Gasteiger partial charge in [-0.05, 0) is 49.3 Å². The first-order valence-electron chi connectivity index (χ1n) is 10.0. The molecule has 0 radical (unpaired) electrons. The number of rotatable bonds is 8. The third kappa shape index (κ3) is 5.64. The minimum atomic E-state index is 0.882. The van der Waals surface area contributed by atoms with Gasteiger partial charge in [-0.1, -0.05) is 59.2 Å². The summed E-state index contributed by atoms with van der Waals surface area (Å²) in [6, 6.07) is 8.59. The van der Waals surface area contributed by atoms with E-state index in [1.54, 1.807) is 14.2 Å². The van der Waals surface area contributed by atoms with E-state index < -0.39 is 0 Å². The number of hydrogen-bond donors (Lipinski definition) is 0. The first-order valence-corrected chi connectivity index (χ1v) is 18.2. The Bertz CT molecular complexity index is 1100. The first-order chi connectivity index (χ1) is 16.6. The van der Waals surface area contributed by atoms with Gasteiger partial charge in [0.15, 0.2) is 0 Å². The summed E-state index contributed by atoms with van der Waals surface area (Å²) < 4.78 is 19.9. The lowest BCUT2D eigenvalue weighted by atomic mass is 10.0. The van der Waals surface area contributed by atoms with Gasteiger partial charge >= 0.3 is 0 Å². The van der Waals surface area contributed by atoms with E-state index in [4.69, 9.17) is 9.47 Å². The highest BCUT2D eigenvalue weighted by Crippen LogP contribution is 2.58. The maximum Gasteiger partial charge on any atom is 0.134 e. The maximum atomic E-state index is 5.93. The molecular formula is C24H24O2S8. The van der Waals surface area contributed by atoms with Crippen LogP contribution in [0, 0.1) is 0 Å². The molecule has 0 amide bonds. The lowest BCUT2D eigenvalue weighted by Gasteiger charge is -2.14. The van der Waals surface area contributed by atoms with Gasteiger partial charge in [-0.25, -0.2) is 0 Å². The van der Waals surface area contributed by atoms with Gasteiger partial charge in [-0.3, -0.25) is 0 Å². The number of fused-ring (bicyclic) bond motifs is 1. The fourth-order valence-electron chi connectivity index (χ4n) is 3.51. The molecule has 0 spiro atoms. The molecular weight excluding hydrogens is 577 g/mol. The van der Waals surface area contributed by atoms with Crippen molar-refractivity contribution in [1.29, 1.82) is 0 Å². The van der Waals surface area contributed by atoms with Gasteiger partial charge in [0, 0.05) is 21.9 Å². The smallest absolute Gasteiger partial charge is 0.134 e. The van der Waals surface area contributed by atoms with Gasteiger partial charge in [0.25, 0.3) is 0 Å². The number of benzene rings is 2. The van der Waals surface area contributed by atoms with Crippen LogP contribution in [0.4, 0.5) is 0 Å². The van der Waals surface area contributed by atoms with Gasteiger partial charge in [0.2, 0.25) is 0 Å². The molecule has 34 heavy (non-hydrogen) atoms. The van der Waals surface area contributed by atoms with E-state index in [1.165, 1.54) is 25.4 Å². The second-order valence-electron chi connectivity index (χ2n) is 6.77. The van der Waals surface area contributed by atoms with Gasteiger partial charge in [0.05, 0.1) is 39.6 Å². The molecule has 2 aromatic rings. The molecule has 2 aromatic carbocycles. The quantitative estimate of drug-likeness (QED) is 0.290. The summed E-state index contributed by atoms with van der Waals surface area (Å²) in [4.78, 5) is 0. The van der Waals surface area contributed by atoms with Crippen molar-refractivity contribution in [3.8, 4) is 11.5 Å². The van der Waals surface area contributed by atoms with Crippen molar-refractivity contribution in [3.05, 3.63) is 60.8 Å². The Morgan fingerprint density at radius 1 is 0.559 bits per heavy atom. The summed E-state index contributed by atoms with van der Waals surface area (Å²) in [5.41, 5.74) is 2.17. The van der Waals surface area contributed by atoms with Crippen LogP contribution in [-0.2, 0) is 0 Å². The molecule has 2 aliphatic heterocycles. The molecule has 2 nitrogen and oxygen atoms in total. The van der Waals surface area contributed by atoms with Crippen molar-refractivity contribution in [1.82, 2.24) is 0 Å². The first kappa shape index (κ1) is 27.1. The number of ether oxygens (including phenoxy) is 2. The Labute approximate surface area is 236 Å². The van der Waals surface area contributed by atoms with Crippen LogP contribution in [0.2, 0.25) is 0 Å². The molecule has 0 aliphatic carbocycles. The van der Waals surface area contributed by atoms with Gasteiger partial charge < -0.3 is 9.47 Å². The Kier molecular flexibility index (Phi) is 9.99. The predicted molar refractivity (Wildman–Crippen MR) is 171 cm³/mol. The van der Waals surface area contributed by atoms with Crippen LogP contribution in [-0.4, -0.2) is 39.2 Å². The molecule has 2 heterocycles. The van der Waals surface area contributed by atoms with Crippen LogP contribution < -0.4 is 9.47 Å². The van der Waals surface area contributed by atoms with E-state index in [0.717, 1.165) is 33.4 Å². The molecule has 0 bridgehead atoms. The topological polar surface area (TPSA) is 18.5 Å². The zero-order valence-corrected chi connectivity index (χ0v) is 26.1. The average Bonchev–Trinajstić information content (AvgIpc) is 3.46. The molecule has 0 fully saturated rings. The molecule has 2 aliphatic rings. The van der Waals surface area contributed by atoms with Crippen LogP contribution in [0.3, 0.4) is 0 Å². The standard InChI is InChI=1S/C24H24O2S8/c1-25-19-13(11-17-31-21(27-3)22(28-4)32-17)7-10-16-15(19)9-8-14(20(16)26-2)12-18-33-23(29-5)24(30-6)34-18/h7-12H,1-6H3. The fraction of sp³-hybridized carbons (Fsp3) is 0.250. The molecule has 0 saturated heterocycles. The van der Waals surface area contributed by atoms with Crippen LogP contribution in [0.15, 0.2) is 49.7 Å². The highest BCUT2D eigenvalue weighted by molar-refractivity contribution is 8.41. The van der Waals surface area contributed by atoms with Crippen LogP contribution in [0.25, 0.3) is 22.9 Å². The Balaban J connectivity index is 1.71. The van der Waals surface area contributed by atoms with Crippen molar-refractivity contribution in [2.24, 2.45) is 0 Å². The van der Waals surface area contributed by atoms with E-state index >= 15 is 0 Å². The van der Waals surface area contributed by atoms with Crippen molar-refractivity contribution in [2.45, 2.75) is 0 Å². The molecule has 0 aromatic heterocycles. The van der Waals surface area contributed by atoms with Gasteiger partial charge in [-0.15, -0.1) is 47.0 Å². The van der Waals surface area contributed by atoms with E-state index in [-0.39, 0.29) is 0 Å². The summed E-state index contributed by atoms with van der Waals surface area (Å²) in [6.45, 7) is 0. The highest BCUT2D eigenvalue weighted by atomic mass is 32.3. The van der Waals surface area contributed by atoms with Gasteiger partial charge in [-0.2, -0.15) is 0 Å². The molecule has 0 unspecified atom stereocenters. The molecule has 10 heteroatoms. The normalized spacial score (nSPS) is 16.2. The SMILES string of the molecule is COc1c(C=C2SC(SC)=C(SC)S2)ccc2c(OC)c(C=C3SC(SC)=C(SC)S3)ccc12. The lowest BCUT2D eigenvalue weighted by molar-refractivity contribution is 0.414. The lowest BCUT2D eigenvalue weighted by Crippen LogP contribution is -1.94. The minimum absolute atomic E-state index is 0.882. The number of hydrogen-bond acceptors (Lipinski definition) is 10. The summed E-state index contributed by atoms with van der Waals surface area (Å²) >= 11 is 14.6. The van der Waals surface area contributed by atoms with E-state index in [9.17, 15) is 0 Å². The molecule has 4 rings (SSSR count). The van der Waals surface area contributed by atoms with Gasteiger partial charge in [0.1, 0.15) is 11.5 Å². The second-order valence-corrected chi connectivity index (χ2v) is 15.8. The summed E-state index contributed by atoms with van der Waals surface area (Å²) in [5, 5.41) is 2.12. The summed E-state index contributed by atoms with van der Waals surface area (Å²) in [7, 11) is 3.50. The maximum absolute atomic E-state index is 5.93. The zero-order valence-electron chi connectivity index (χ0n) is 19.5. The second kappa shape index (κ2) is 12.5.